The maximum absolute atomic E-state index is 13.1. The molecule has 0 aliphatic heterocycles. The number of carbonyl (C=O) groups excluding carboxylic acids is 3. The summed E-state index contributed by atoms with van der Waals surface area (Å²) >= 11 is 2.66. The van der Waals surface area contributed by atoms with Gasteiger partial charge in [0, 0.05) is 61.8 Å². The molecule has 2 aromatic heterocycles. The number of esters is 1. The van der Waals surface area contributed by atoms with Crippen molar-refractivity contribution in [1.29, 1.82) is 0 Å². The zero-order valence-corrected chi connectivity index (χ0v) is 24.0. The number of ether oxygens (including phenoxy) is 1. The monoisotopic (exact) mass is 564 g/mol. The summed E-state index contributed by atoms with van der Waals surface area (Å²) in [4.78, 5) is 59.7. The molecular formula is C26H36N4O6S2. The highest BCUT2D eigenvalue weighted by molar-refractivity contribution is 7.10. The summed E-state index contributed by atoms with van der Waals surface area (Å²) in [6.07, 6.45) is 3.78. The van der Waals surface area contributed by atoms with Crippen LogP contribution < -0.4 is 5.32 Å². The highest BCUT2D eigenvalue weighted by atomic mass is 32.1. The minimum Gasteiger partial charge on any atom is -0.481 e. The van der Waals surface area contributed by atoms with Gasteiger partial charge in [-0.2, -0.15) is 0 Å². The molecule has 2 unspecified atom stereocenters. The van der Waals surface area contributed by atoms with Crippen molar-refractivity contribution in [1.82, 2.24) is 20.2 Å². The van der Waals surface area contributed by atoms with Crippen molar-refractivity contribution in [2.75, 3.05) is 7.05 Å². The van der Waals surface area contributed by atoms with Gasteiger partial charge in [0.15, 0.2) is 6.10 Å². The number of aliphatic carboxylic acids is 1. The first-order chi connectivity index (χ1) is 18.0. The Hall–Kier alpha value is -2.86. The van der Waals surface area contributed by atoms with Crippen LogP contribution in [0.5, 0.6) is 0 Å². The normalized spacial score (nSPS) is 16.4. The molecule has 2 amide bonds. The third-order valence-corrected chi connectivity index (χ3v) is 8.37. The Balaban J connectivity index is 1.75. The van der Waals surface area contributed by atoms with Gasteiger partial charge in [-0.25, -0.2) is 9.97 Å². The number of aromatic nitrogens is 2. The summed E-state index contributed by atoms with van der Waals surface area (Å²) in [6, 6.07) is -0.615. The number of rotatable bonds is 14. The van der Waals surface area contributed by atoms with E-state index in [1.807, 2.05) is 19.2 Å². The molecule has 10 nitrogen and oxygen atoms in total. The van der Waals surface area contributed by atoms with Crippen molar-refractivity contribution in [2.24, 2.45) is 17.8 Å². The van der Waals surface area contributed by atoms with Crippen LogP contribution in [0.25, 0.3) is 0 Å². The molecule has 12 heteroatoms. The number of carbonyl (C=O) groups is 4. The summed E-state index contributed by atoms with van der Waals surface area (Å²) in [7, 11) is 1.79. The number of carboxylic acids is 1. The summed E-state index contributed by atoms with van der Waals surface area (Å²) in [5.74, 6) is -2.20. The predicted molar refractivity (Wildman–Crippen MR) is 144 cm³/mol. The third-order valence-electron chi connectivity index (χ3n) is 6.63. The van der Waals surface area contributed by atoms with Crippen LogP contribution in [-0.2, 0) is 25.5 Å². The largest absolute Gasteiger partial charge is 0.481 e. The lowest BCUT2D eigenvalue weighted by atomic mass is 9.96. The summed E-state index contributed by atoms with van der Waals surface area (Å²) < 4.78 is 5.61. The van der Waals surface area contributed by atoms with E-state index in [4.69, 9.17) is 4.74 Å². The van der Waals surface area contributed by atoms with Crippen LogP contribution in [0.2, 0.25) is 0 Å². The number of hydrogen-bond donors (Lipinski definition) is 2. The minimum absolute atomic E-state index is 0.0738. The van der Waals surface area contributed by atoms with E-state index in [2.05, 4.69) is 15.3 Å². The number of nitrogens with zero attached hydrogens (tertiary/aromatic N) is 3. The number of nitrogens with one attached hydrogen (secondary N) is 1. The second kappa shape index (κ2) is 13.3. The lowest BCUT2D eigenvalue weighted by Gasteiger charge is -2.33. The van der Waals surface area contributed by atoms with Gasteiger partial charge < -0.3 is 20.1 Å². The van der Waals surface area contributed by atoms with Gasteiger partial charge in [0.05, 0.1) is 10.9 Å². The molecule has 0 spiro atoms. The Morgan fingerprint density at radius 2 is 1.89 bits per heavy atom. The quantitative estimate of drug-likeness (QED) is 0.329. The van der Waals surface area contributed by atoms with E-state index in [0.29, 0.717) is 17.8 Å². The highest BCUT2D eigenvalue weighted by Gasteiger charge is 2.37. The summed E-state index contributed by atoms with van der Waals surface area (Å²) in [6.45, 7) is 6.97. The molecule has 1 aliphatic carbocycles. The molecule has 1 aliphatic rings. The topological polar surface area (TPSA) is 139 Å². The van der Waals surface area contributed by atoms with Gasteiger partial charge in [-0.1, -0.05) is 20.8 Å². The van der Waals surface area contributed by atoms with Crippen LogP contribution in [0.3, 0.4) is 0 Å². The number of thiazole rings is 2. The van der Waals surface area contributed by atoms with Gasteiger partial charge >= 0.3 is 11.9 Å². The minimum atomic E-state index is -0.937. The standard InChI is InChI=1S/C26H36N4O6S2/c1-14(2)20(30(5)25(33)17-6-7-17)12-21(36-16(4)31)24-29-19(13-38-24)23(32)28-18(10-15(3)26(34)35)11-22-27-8-9-37-22/h8-9,13-15,17-18,20-21H,6-7,10-12H2,1-5H3,(H,28,32)(H,34,35)/t15-,18+,20?,21?/m0/s1. The fraction of sp³-hybridized carbons (Fsp3) is 0.615. The first-order valence-corrected chi connectivity index (χ1v) is 14.5. The summed E-state index contributed by atoms with van der Waals surface area (Å²) in [5.41, 5.74) is 0.165. The maximum atomic E-state index is 13.1. The smallest absolute Gasteiger partial charge is 0.306 e. The predicted octanol–water partition coefficient (Wildman–Crippen LogP) is 3.94. The van der Waals surface area contributed by atoms with E-state index in [0.717, 1.165) is 17.8 Å². The average Bonchev–Trinajstić information content (AvgIpc) is 3.34. The number of hydrogen-bond acceptors (Lipinski definition) is 9. The lowest BCUT2D eigenvalue weighted by Crippen LogP contribution is -2.42. The van der Waals surface area contributed by atoms with Crippen LogP contribution in [0.15, 0.2) is 17.0 Å². The third kappa shape index (κ3) is 8.32. The molecule has 2 heterocycles. The van der Waals surface area contributed by atoms with E-state index >= 15 is 0 Å². The molecular weight excluding hydrogens is 528 g/mol. The van der Waals surface area contributed by atoms with Gasteiger partial charge in [0.1, 0.15) is 10.7 Å². The van der Waals surface area contributed by atoms with E-state index < -0.39 is 35.9 Å². The van der Waals surface area contributed by atoms with E-state index in [-0.39, 0.29) is 35.9 Å². The fourth-order valence-corrected chi connectivity index (χ4v) is 5.90. The highest BCUT2D eigenvalue weighted by Crippen LogP contribution is 2.35. The molecule has 2 aromatic rings. The van der Waals surface area contributed by atoms with Crippen molar-refractivity contribution >= 4 is 46.4 Å². The van der Waals surface area contributed by atoms with E-state index in [9.17, 15) is 24.3 Å². The molecule has 2 N–H and O–H groups in total. The van der Waals surface area contributed by atoms with Crippen LogP contribution in [-0.4, -0.2) is 62.9 Å². The molecule has 4 atom stereocenters. The Bertz CT molecular complexity index is 1110. The Labute approximate surface area is 230 Å². The molecule has 208 valence electrons. The average molecular weight is 565 g/mol. The first-order valence-electron chi connectivity index (χ1n) is 12.8. The van der Waals surface area contributed by atoms with Crippen molar-refractivity contribution in [2.45, 2.75) is 78.0 Å². The fourth-order valence-electron chi connectivity index (χ4n) is 4.36. The van der Waals surface area contributed by atoms with Gasteiger partial charge in [0.2, 0.25) is 5.91 Å². The Kier molecular flexibility index (Phi) is 10.4. The van der Waals surface area contributed by atoms with Gasteiger partial charge in [0.25, 0.3) is 5.91 Å². The molecule has 1 saturated carbocycles. The maximum Gasteiger partial charge on any atom is 0.306 e. The van der Waals surface area contributed by atoms with Crippen molar-refractivity contribution < 1.29 is 29.0 Å². The van der Waals surface area contributed by atoms with E-state index in [1.165, 1.54) is 29.6 Å². The second-order valence-corrected chi connectivity index (χ2v) is 12.1. The Morgan fingerprint density at radius 3 is 2.45 bits per heavy atom. The molecule has 38 heavy (non-hydrogen) atoms. The summed E-state index contributed by atoms with van der Waals surface area (Å²) in [5, 5.41) is 17.0. The van der Waals surface area contributed by atoms with Crippen LogP contribution in [0.1, 0.15) is 80.0 Å². The van der Waals surface area contributed by atoms with Gasteiger partial charge in [-0.3, -0.25) is 19.2 Å². The van der Waals surface area contributed by atoms with Crippen molar-refractivity contribution in [3.63, 3.8) is 0 Å². The van der Waals surface area contributed by atoms with Gasteiger partial charge in [-0.05, 0) is 25.2 Å². The Morgan fingerprint density at radius 1 is 1.18 bits per heavy atom. The second-order valence-electron chi connectivity index (χ2n) is 10.2. The molecule has 0 radical (unpaired) electrons. The van der Waals surface area contributed by atoms with Crippen molar-refractivity contribution in [3.05, 3.63) is 32.7 Å². The van der Waals surface area contributed by atoms with Crippen LogP contribution >= 0.6 is 22.7 Å². The van der Waals surface area contributed by atoms with Crippen molar-refractivity contribution in [3.8, 4) is 0 Å². The SMILES string of the molecule is CC(=O)OC(CC(C(C)C)N(C)C(=O)C1CC1)c1nc(C(=O)N[C@@H](Cc2nccs2)C[C@H](C)C(=O)O)cs1. The molecule has 0 aromatic carbocycles. The van der Waals surface area contributed by atoms with Gasteiger partial charge in [-0.15, -0.1) is 22.7 Å². The lowest BCUT2D eigenvalue weighted by molar-refractivity contribution is -0.148. The molecule has 3 rings (SSSR count). The van der Waals surface area contributed by atoms with Crippen LogP contribution in [0, 0.1) is 17.8 Å². The zero-order valence-electron chi connectivity index (χ0n) is 22.4. The molecule has 0 bridgehead atoms. The number of amides is 2. The number of carboxylic acid groups (broad SMARTS) is 1. The van der Waals surface area contributed by atoms with Crippen LogP contribution in [0.4, 0.5) is 0 Å². The first kappa shape index (κ1) is 29.7. The van der Waals surface area contributed by atoms with E-state index in [1.54, 1.807) is 30.4 Å². The zero-order chi connectivity index (χ0) is 28.0. The molecule has 1 fully saturated rings. The molecule has 0 saturated heterocycles.